The maximum absolute atomic E-state index is 12.3. The summed E-state index contributed by atoms with van der Waals surface area (Å²) in [7, 11) is 0. The number of nitrogen functional groups attached to an aromatic ring is 1. The van der Waals surface area contributed by atoms with Crippen LogP contribution in [-0.4, -0.2) is 59.5 Å². The molecule has 2 N–H and O–H groups in total. The fourth-order valence-electron chi connectivity index (χ4n) is 2.68. The minimum absolute atomic E-state index is 0.0277. The highest BCUT2D eigenvalue weighted by Crippen LogP contribution is 2.20. The molecule has 1 aromatic carbocycles. The molecule has 1 aliphatic rings. The lowest BCUT2D eigenvalue weighted by Gasteiger charge is -2.36. The Morgan fingerprint density at radius 1 is 1.15 bits per heavy atom. The number of halogens is 1. The molecular weight excluding hydrogens is 358 g/mol. The number of esters is 1. The van der Waals surface area contributed by atoms with E-state index in [-0.39, 0.29) is 24.0 Å². The topological polar surface area (TPSA) is 102 Å². The van der Waals surface area contributed by atoms with Crippen LogP contribution in [0.5, 0.6) is 0 Å². The predicted molar refractivity (Wildman–Crippen MR) is 97.0 cm³/mol. The number of ether oxygens (including phenoxy) is 1. The molecule has 0 bridgehead atoms. The number of nitrogens with zero attached hydrogens (tertiary/aromatic N) is 4. The maximum Gasteiger partial charge on any atom is 0.361 e. The van der Waals surface area contributed by atoms with Crippen molar-refractivity contribution in [2.24, 2.45) is 0 Å². The van der Waals surface area contributed by atoms with Crippen LogP contribution in [0.1, 0.15) is 10.5 Å². The standard InChI is InChI=1S/C17H18ClN5O3/c18-12-2-1-3-13(10-12)22-6-8-23(9-7-22)14(24)11-26-17(25)15-16(19)21-5-4-20-15/h1-5,10H,6-9,11H2,(H2,19,21). The summed E-state index contributed by atoms with van der Waals surface area (Å²) in [5.74, 6) is -1.05. The van der Waals surface area contributed by atoms with Crippen molar-refractivity contribution >= 4 is 35.0 Å². The first kappa shape index (κ1) is 17.9. The van der Waals surface area contributed by atoms with Gasteiger partial charge in [-0.3, -0.25) is 4.79 Å². The number of amides is 1. The van der Waals surface area contributed by atoms with Crippen LogP contribution in [0.15, 0.2) is 36.7 Å². The zero-order valence-corrected chi connectivity index (χ0v) is 14.7. The Balaban J connectivity index is 1.49. The highest BCUT2D eigenvalue weighted by atomic mass is 35.5. The van der Waals surface area contributed by atoms with Gasteiger partial charge in [0.05, 0.1) is 0 Å². The van der Waals surface area contributed by atoms with Crippen molar-refractivity contribution < 1.29 is 14.3 Å². The number of piperazine rings is 1. The zero-order valence-electron chi connectivity index (χ0n) is 14.0. The quantitative estimate of drug-likeness (QED) is 0.801. The number of hydrogen-bond donors (Lipinski definition) is 1. The smallest absolute Gasteiger partial charge is 0.361 e. The SMILES string of the molecule is Nc1nccnc1C(=O)OCC(=O)N1CCN(c2cccc(Cl)c2)CC1. The predicted octanol–water partition coefficient (Wildman–Crippen LogP) is 1.22. The van der Waals surface area contributed by atoms with Crippen LogP contribution in [-0.2, 0) is 9.53 Å². The van der Waals surface area contributed by atoms with Crippen molar-refractivity contribution in [1.82, 2.24) is 14.9 Å². The molecule has 0 atom stereocenters. The van der Waals surface area contributed by atoms with E-state index in [1.165, 1.54) is 12.4 Å². The van der Waals surface area contributed by atoms with Crippen LogP contribution in [0.4, 0.5) is 11.5 Å². The number of benzene rings is 1. The number of hydrogen-bond acceptors (Lipinski definition) is 7. The molecule has 0 radical (unpaired) electrons. The van der Waals surface area contributed by atoms with Crippen LogP contribution < -0.4 is 10.6 Å². The van der Waals surface area contributed by atoms with Crippen molar-refractivity contribution in [2.45, 2.75) is 0 Å². The Bertz CT molecular complexity index is 808. The summed E-state index contributed by atoms with van der Waals surface area (Å²) >= 11 is 6.02. The van der Waals surface area contributed by atoms with Gasteiger partial charge in [0.1, 0.15) is 0 Å². The normalized spacial score (nSPS) is 14.2. The lowest BCUT2D eigenvalue weighted by atomic mass is 10.2. The van der Waals surface area contributed by atoms with E-state index in [9.17, 15) is 9.59 Å². The molecule has 0 saturated carbocycles. The minimum atomic E-state index is -0.762. The van der Waals surface area contributed by atoms with Crippen LogP contribution in [0, 0.1) is 0 Å². The van der Waals surface area contributed by atoms with E-state index < -0.39 is 5.97 Å². The van der Waals surface area contributed by atoms with E-state index in [2.05, 4.69) is 14.9 Å². The van der Waals surface area contributed by atoms with E-state index >= 15 is 0 Å². The third kappa shape index (κ3) is 4.20. The third-order valence-electron chi connectivity index (χ3n) is 4.05. The molecule has 1 saturated heterocycles. The Labute approximate surface area is 155 Å². The largest absolute Gasteiger partial charge is 0.451 e. The van der Waals surface area contributed by atoms with Crippen LogP contribution in [0.3, 0.4) is 0 Å². The average molecular weight is 376 g/mol. The molecule has 1 amide bonds. The highest BCUT2D eigenvalue weighted by molar-refractivity contribution is 6.30. The molecule has 9 heteroatoms. The van der Waals surface area contributed by atoms with Crippen molar-refractivity contribution in [3.63, 3.8) is 0 Å². The number of nitrogens with two attached hydrogens (primary N) is 1. The van der Waals surface area contributed by atoms with Crippen molar-refractivity contribution in [1.29, 1.82) is 0 Å². The van der Waals surface area contributed by atoms with Gasteiger partial charge < -0.3 is 20.3 Å². The lowest BCUT2D eigenvalue weighted by molar-refractivity contribution is -0.134. The molecule has 0 unspecified atom stereocenters. The molecular formula is C17H18ClN5O3. The number of rotatable bonds is 4. The molecule has 3 rings (SSSR count). The van der Waals surface area contributed by atoms with Crippen LogP contribution in [0.2, 0.25) is 5.02 Å². The Morgan fingerprint density at radius 3 is 2.58 bits per heavy atom. The maximum atomic E-state index is 12.3. The Kier molecular flexibility index (Phi) is 5.52. The highest BCUT2D eigenvalue weighted by Gasteiger charge is 2.23. The fourth-order valence-corrected chi connectivity index (χ4v) is 2.86. The first-order valence-corrected chi connectivity index (χ1v) is 8.44. The number of carbonyl (C=O) groups is 2. The summed E-state index contributed by atoms with van der Waals surface area (Å²) in [6.45, 7) is 2.08. The van der Waals surface area contributed by atoms with Gasteiger partial charge in [0.15, 0.2) is 18.1 Å². The molecule has 1 aliphatic heterocycles. The van der Waals surface area contributed by atoms with Gasteiger partial charge in [-0.25, -0.2) is 14.8 Å². The van der Waals surface area contributed by atoms with E-state index in [1.54, 1.807) is 4.90 Å². The molecule has 1 fully saturated rings. The van der Waals surface area contributed by atoms with E-state index in [4.69, 9.17) is 22.1 Å². The summed E-state index contributed by atoms with van der Waals surface area (Å²) in [4.78, 5) is 35.6. The van der Waals surface area contributed by atoms with E-state index in [1.807, 2.05) is 24.3 Å². The number of anilines is 2. The van der Waals surface area contributed by atoms with Gasteiger partial charge in [-0.1, -0.05) is 17.7 Å². The van der Waals surface area contributed by atoms with Crippen molar-refractivity contribution in [3.8, 4) is 0 Å². The summed E-state index contributed by atoms with van der Waals surface area (Å²) in [5.41, 5.74) is 6.50. The Hall–Kier alpha value is -2.87. The second kappa shape index (κ2) is 8.01. The van der Waals surface area contributed by atoms with Gasteiger partial charge in [0, 0.05) is 49.3 Å². The zero-order chi connectivity index (χ0) is 18.5. The van der Waals surface area contributed by atoms with Gasteiger partial charge >= 0.3 is 5.97 Å². The van der Waals surface area contributed by atoms with Gasteiger partial charge in [0.2, 0.25) is 0 Å². The van der Waals surface area contributed by atoms with E-state index in [0.29, 0.717) is 31.2 Å². The fraction of sp³-hybridized carbons (Fsp3) is 0.294. The molecule has 2 heterocycles. The third-order valence-corrected chi connectivity index (χ3v) is 4.29. The average Bonchev–Trinajstić information content (AvgIpc) is 2.66. The molecule has 1 aromatic heterocycles. The molecule has 0 aliphatic carbocycles. The van der Waals surface area contributed by atoms with Crippen LogP contribution >= 0.6 is 11.6 Å². The second-order valence-corrected chi connectivity index (χ2v) is 6.15. The first-order chi connectivity index (χ1) is 12.5. The van der Waals surface area contributed by atoms with Gasteiger partial charge in [0.25, 0.3) is 5.91 Å². The molecule has 2 aromatic rings. The van der Waals surface area contributed by atoms with Gasteiger partial charge in [-0.2, -0.15) is 0 Å². The summed E-state index contributed by atoms with van der Waals surface area (Å²) < 4.78 is 5.01. The van der Waals surface area contributed by atoms with Crippen molar-refractivity contribution in [3.05, 3.63) is 47.4 Å². The molecule has 136 valence electrons. The molecule has 0 spiro atoms. The number of carbonyl (C=O) groups excluding carboxylic acids is 2. The van der Waals surface area contributed by atoms with Gasteiger partial charge in [-0.05, 0) is 18.2 Å². The monoisotopic (exact) mass is 375 g/mol. The number of aromatic nitrogens is 2. The molecule has 8 nitrogen and oxygen atoms in total. The second-order valence-electron chi connectivity index (χ2n) is 5.71. The first-order valence-electron chi connectivity index (χ1n) is 8.06. The van der Waals surface area contributed by atoms with Gasteiger partial charge in [-0.15, -0.1) is 0 Å². The Morgan fingerprint density at radius 2 is 1.88 bits per heavy atom. The van der Waals surface area contributed by atoms with E-state index in [0.717, 1.165) is 5.69 Å². The summed E-state index contributed by atoms with van der Waals surface area (Å²) in [5, 5.41) is 0.677. The van der Waals surface area contributed by atoms with Crippen LogP contribution in [0.25, 0.3) is 0 Å². The lowest BCUT2D eigenvalue weighted by Crippen LogP contribution is -2.49. The van der Waals surface area contributed by atoms with Crippen molar-refractivity contribution in [2.75, 3.05) is 43.4 Å². The minimum Gasteiger partial charge on any atom is -0.451 e. The summed E-state index contributed by atoms with van der Waals surface area (Å²) in [6.07, 6.45) is 2.71. The molecule has 26 heavy (non-hydrogen) atoms. The summed E-state index contributed by atoms with van der Waals surface area (Å²) in [6, 6.07) is 7.60.